The first kappa shape index (κ1) is 22.7. The van der Waals surface area contributed by atoms with Crippen LogP contribution in [0.4, 0.5) is 10.1 Å². The number of nitrogens with one attached hydrogen (secondary N) is 1. The highest BCUT2D eigenvalue weighted by Gasteiger charge is 2.26. The van der Waals surface area contributed by atoms with Gasteiger partial charge in [0.1, 0.15) is 5.82 Å². The molecule has 0 atom stereocenters. The van der Waals surface area contributed by atoms with Crippen molar-refractivity contribution in [3.05, 3.63) is 60.0 Å². The van der Waals surface area contributed by atoms with Gasteiger partial charge in [-0.2, -0.15) is 9.78 Å². The van der Waals surface area contributed by atoms with E-state index in [2.05, 4.69) is 10.4 Å². The fourth-order valence-electron chi connectivity index (χ4n) is 4.26. The van der Waals surface area contributed by atoms with E-state index in [1.165, 1.54) is 23.7 Å². The van der Waals surface area contributed by atoms with Crippen LogP contribution in [-0.2, 0) is 9.59 Å². The first-order valence-electron chi connectivity index (χ1n) is 11.3. The Kier molecular flexibility index (Phi) is 6.58. The summed E-state index contributed by atoms with van der Waals surface area (Å²) in [4.78, 5) is 24.4. The monoisotopic (exact) mass is 449 g/mol. The lowest BCUT2D eigenvalue weighted by Gasteiger charge is -2.12. The molecule has 1 N–H and O–H groups in total. The maximum absolute atomic E-state index is 13.9. The predicted octanol–water partition coefficient (Wildman–Crippen LogP) is 5.86. The predicted molar refractivity (Wildman–Crippen MR) is 125 cm³/mol. The van der Waals surface area contributed by atoms with Crippen molar-refractivity contribution in [2.24, 2.45) is 5.92 Å². The average Bonchev–Trinajstić information content (AvgIpc) is 3.43. The molecule has 0 saturated heterocycles. The molecule has 1 fully saturated rings. The standard InChI is InChI=1S/C26H28FN3O3/c1-16(2)24-23(18-11-13-21(14-12-18)28-25(32)19-7-4-5-8-19)26(33-17(3)31)30(29-24)22-10-6-9-20(27)15-22/h6,9-16,19H,4-5,7-8H2,1-3H3,(H,28,32). The number of amides is 1. The Morgan fingerprint density at radius 3 is 2.42 bits per heavy atom. The lowest BCUT2D eigenvalue weighted by atomic mass is 9.99. The summed E-state index contributed by atoms with van der Waals surface area (Å²) in [6.45, 7) is 5.31. The molecular formula is C26H28FN3O3. The number of halogens is 1. The second-order valence-corrected chi connectivity index (χ2v) is 8.75. The number of carbonyl (C=O) groups is 2. The number of aromatic nitrogens is 2. The fourth-order valence-corrected chi connectivity index (χ4v) is 4.26. The molecule has 0 unspecified atom stereocenters. The summed E-state index contributed by atoms with van der Waals surface area (Å²) in [7, 11) is 0. The number of nitrogens with zero attached hydrogens (tertiary/aromatic N) is 2. The first-order valence-corrected chi connectivity index (χ1v) is 11.3. The number of rotatable bonds is 6. The Morgan fingerprint density at radius 2 is 1.82 bits per heavy atom. The summed E-state index contributed by atoms with van der Waals surface area (Å²) in [5.74, 6) is -0.512. The first-order chi connectivity index (χ1) is 15.8. The van der Waals surface area contributed by atoms with Gasteiger partial charge in [0, 0.05) is 18.5 Å². The molecule has 172 valence electrons. The molecule has 1 amide bonds. The number of anilines is 1. The van der Waals surface area contributed by atoms with Gasteiger partial charge in [-0.1, -0.05) is 44.9 Å². The lowest BCUT2D eigenvalue weighted by molar-refractivity contribution is -0.132. The van der Waals surface area contributed by atoms with Crippen LogP contribution >= 0.6 is 0 Å². The van der Waals surface area contributed by atoms with Crippen LogP contribution in [0.5, 0.6) is 5.88 Å². The van der Waals surface area contributed by atoms with Crippen LogP contribution in [0, 0.1) is 11.7 Å². The van der Waals surface area contributed by atoms with E-state index in [9.17, 15) is 14.0 Å². The third-order valence-corrected chi connectivity index (χ3v) is 5.88. The van der Waals surface area contributed by atoms with E-state index in [1.807, 2.05) is 38.1 Å². The van der Waals surface area contributed by atoms with Gasteiger partial charge in [-0.05, 0) is 54.7 Å². The van der Waals surface area contributed by atoms with Gasteiger partial charge in [0.15, 0.2) is 0 Å². The minimum Gasteiger partial charge on any atom is -0.407 e. The number of hydrogen-bond acceptors (Lipinski definition) is 4. The molecule has 2 aromatic carbocycles. The van der Waals surface area contributed by atoms with Crippen molar-refractivity contribution in [2.45, 2.75) is 52.4 Å². The second-order valence-electron chi connectivity index (χ2n) is 8.75. The Hall–Kier alpha value is -3.48. The van der Waals surface area contributed by atoms with Gasteiger partial charge in [-0.25, -0.2) is 4.39 Å². The minimum atomic E-state index is -0.496. The molecule has 6 nitrogen and oxygen atoms in total. The Bertz CT molecular complexity index is 1160. The molecule has 1 aromatic heterocycles. The second kappa shape index (κ2) is 9.57. The zero-order valence-corrected chi connectivity index (χ0v) is 19.1. The molecule has 7 heteroatoms. The van der Waals surface area contributed by atoms with Crippen LogP contribution < -0.4 is 10.1 Å². The van der Waals surface area contributed by atoms with Gasteiger partial charge in [0.05, 0.1) is 16.9 Å². The summed E-state index contributed by atoms with van der Waals surface area (Å²) in [5, 5.41) is 7.67. The van der Waals surface area contributed by atoms with E-state index in [1.54, 1.807) is 12.1 Å². The van der Waals surface area contributed by atoms with Gasteiger partial charge in [-0.3, -0.25) is 9.59 Å². The number of carbonyl (C=O) groups excluding carboxylic acids is 2. The number of esters is 1. The van der Waals surface area contributed by atoms with Gasteiger partial charge >= 0.3 is 5.97 Å². The largest absolute Gasteiger partial charge is 0.407 e. The van der Waals surface area contributed by atoms with E-state index in [0.717, 1.165) is 36.9 Å². The molecule has 0 aliphatic heterocycles. The van der Waals surface area contributed by atoms with Crippen LogP contribution in [0.25, 0.3) is 16.8 Å². The van der Waals surface area contributed by atoms with Crippen molar-refractivity contribution in [1.29, 1.82) is 0 Å². The maximum Gasteiger partial charge on any atom is 0.309 e. The van der Waals surface area contributed by atoms with Crippen LogP contribution in [0.1, 0.15) is 58.1 Å². The summed E-state index contributed by atoms with van der Waals surface area (Å²) in [6, 6.07) is 13.4. The zero-order valence-electron chi connectivity index (χ0n) is 19.1. The van der Waals surface area contributed by atoms with Crippen molar-refractivity contribution in [3.63, 3.8) is 0 Å². The third-order valence-electron chi connectivity index (χ3n) is 5.88. The van der Waals surface area contributed by atoms with Crippen LogP contribution in [0.2, 0.25) is 0 Å². The Labute approximate surface area is 192 Å². The van der Waals surface area contributed by atoms with Gasteiger partial charge in [0.2, 0.25) is 11.8 Å². The van der Waals surface area contributed by atoms with Crippen LogP contribution in [0.15, 0.2) is 48.5 Å². The van der Waals surface area contributed by atoms with E-state index >= 15 is 0 Å². The maximum atomic E-state index is 13.9. The topological polar surface area (TPSA) is 73.2 Å². The SMILES string of the molecule is CC(=O)Oc1c(-c2ccc(NC(=O)C3CCCC3)cc2)c(C(C)C)nn1-c1cccc(F)c1. The van der Waals surface area contributed by atoms with Crippen LogP contribution in [0.3, 0.4) is 0 Å². The summed E-state index contributed by atoms with van der Waals surface area (Å²) < 4.78 is 21.0. The highest BCUT2D eigenvalue weighted by molar-refractivity contribution is 5.93. The minimum absolute atomic E-state index is 0.0193. The lowest BCUT2D eigenvalue weighted by Crippen LogP contribution is -2.20. The Balaban J connectivity index is 1.74. The van der Waals surface area contributed by atoms with E-state index < -0.39 is 11.8 Å². The van der Waals surface area contributed by atoms with Crippen molar-refractivity contribution >= 4 is 17.6 Å². The summed E-state index contributed by atoms with van der Waals surface area (Å²) in [6.07, 6.45) is 4.08. The number of ether oxygens (including phenoxy) is 1. The zero-order chi connectivity index (χ0) is 23.5. The fraction of sp³-hybridized carbons (Fsp3) is 0.346. The van der Waals surface area contributed by atoms with Gasteiger partial charge in [-0.15, -0.1) is 0 Å². The van der Waals surface area contributed by atoms with Crippen molar-refractivity contribution in [1.82, 2.24) is 9.78 Å². The summed E-state index contributed by atoms with van der Waals surface area (Å²) >= 11 is 0. The van der Waals surface area contributed by atoms with Crippen molar-refractivity contribution < 1.29 is 18.7 Å². The molecule has 1 heterocycles. The molecule has 1 aliphatic rings. The number of benzene rings is 2. The molecule has 0 radical (unpaired) electrons. The molecule has 3 aromatic rings. The smallest absolute Gasteiger partial charge is 0.309 e. The molecule has 0 bridgehead atoms. The Morgan fingerprint density at radius 1 is 1.12 bits per heavy atom. The van der Waals surface area contributed by atoms with Gasteiger partial charge < -0.3 is 10.1 Å². The van der Waals surface area contributed by atoms with E-state index in [0.29, 0.717) is 16.9 Å². The normalized spacial score (nSPS) is 14.0. The van der Waals surface area contributed by atoms with E-state index in [-0.39, 0.29) is 23.6 Å². The molecule has 4 rings (SSSR count). The third kappa shape index (κ3) is 4.97. The molecule has 33 heavy (non-hydrogen) atoms. The average molecular weight is 450 g/mol. The van der Waals surface area contributed by atoms with Gasteiger partial charge in [0.25, 0.3) is 0 Å². The highest BCUT2D eigenvalue weighted by atomic mass is 19.1. The number of hydrogen-bond donors (Lipinski definition) is 1. The van der Waals surface area contributed by atoms with E-state index in [4.69, 9.17) is 4.74 Å². The summed E-state index contributed by atoms with van der Waals surface area (Å²) in [5.41, 5.74) is 3.35. The molecule has 1 aliphatic carbocycles. The molecular weight excluding hydrogens is 421 g/mol. The molecule has 0 spiro atoms. The molecule has 1 saturated carbocycles. The van der Waals surface area contributed by atoms with Crippen molar-refractivity contribution in [3.8, 4) is 22.7 Å². The van der Waals surface area contributed by atoms with Crippen molar-refractivity contribution in [2.75, 3.05) is 5.32 Å². The van der Waals surface area contributed by atoms with Crippen LogP contribution in [-0.4, -0.2) is 21.7 Å². The quantitative estimate of drug-likeness (QED) is 0.479. The highest BCUT2D eigenvalue weighted by Crippen LogP contribution is 2.39.